The van der Waals surface area contributed by atoms with Crippen molar-refractivity contribution in [2.45, 2.75) is 40.5 Å². The van der Waals surface area contributed by atoms with Crippen LogP contribution in [-0.2, 0) is 14.2 Å². The third-order valence-corrected chi connectivity index (χ3v) is 1.69. The lowest BCUT2D eigenvalue weighted by molar-refractivity contribution is 0.214. The summed E-state index contributed by atoms with van der Waals surface area (Å²) in [7, 11) is 0. The van der Waals surface area contributed by atoms with Crippen molar-refractivity contribution in [2.24, 2.45) is 0 Å². The van der Waals surface area contributed by atoms with E-state index in [1.807, 2.05) is 0 Å². The first-order valence-electron chi connectivity index (χ1n) is 5.70. The Hall–Kier alpha value is -1.58. The van der Waals surface area contributed by atoms with Crippen molar-refractivity contribution in [3.63, 3.8) is 0 Å². The number of hydrogen-bond donors (Lipinski definition) is 1. The lowest BCUT2D eigenvalue weighted by Gasteiger charge is -2.04. The van der Waals surface area contributed by atoms with E-state index >= 15 is 0 Å². The minimum Gasteiger partial charge on any atom is -0.509 e. The van der Waals surface area contributed by atoms with Crippen LogP contribution in [0.3, 0.4) is 0 Å². The van der Waals surface area contributed by atoms with E-state index in [4.69, 9.17) is 19.3 Å². The Bertz CT molecular complexity index is 286. The van der Waals surface area contributed by atoms with Crippen LogP contribution in [0.25, 0.3) is 0 Å². The maximum Gasteiger partial charge on any atom is 0.135 e. The molecule has 0 saturated heterocycles. The van der Waals surface area contributed by atoms with Gasteiger partial charge < -0.3 is 19.3 Å². The van der Waals surface area contributed by atoms with Gasteiger partial charge in [0.15, 0.2) is 0 Å². The molecule has 0 radical (unpaired) electrons. The Morgan fingerprint density at radius 3 is 2.18 bits per heavy atom. The molecule has 0 aliphatic carbocycles. The van der Waals surface area contributed by atoms with E-state index in [0.717, 1.165) is 12.8 Å². The largest absolute Gasteiger partial charge is 0.509 e. The van der Waals surface area contributed by atoms with Gasteiger partial charge in [-0.3, -0.25) is 0 Å². The van der Waals surface area contributed by atoms with E-state index in [1.165, 1.54) is 19.4 Å². The number of hydrogen-bond acceptors (Lipinski definition) is 4. The molecule has 0 unspecified atom stereocenters. The Kier molecular flexibility index (Phi) is 8.74. The molecule has 0 aliphatic rings. The highest BCUT2D eigenvalue weighted by Crippen LogP contribution is 2.04. The fourth-order valence-electron chi connectivity index (χ4n) is 0.814. The highest BCUT2D eigenvalue weighted by atomic mass is 16.5. The zero-order chi connectivity index (χ0) is 13.1. The first kappa shape index (κ1) is 15.4. The molecule has 0 rings (SSSR count). The van der Waals surface area contributed by atoms with Crippen LogP contribution in [0.4, 0.5) is 0 Å². The Morgan fingerprint density at radius 2 is 1.59 bits per heavy atom. The Morgan fingerprint density at radius 1 is 1.00 bits per heavy atom. The van der Waals surface area contributed by atoms with Crippen molar-refractivity contribution in [1.82, 2.24) is 0 Å². The molecule has 0 spiro atoms. The maximum absolute atomic E-state index is 8.88. The molecule has 4 heteroatoms. The molecule has 4 nitrogen and oxygen atoms in total. The summed E-state index contributed by atoms with van der Waals surface area (Å²) in [6.45, 7) is 7.85. The van der Waals surface area contributed by atoms with Crippen LogP contribution in [-0.4, -0.2) is 11.7 Å². The third kappa shape index (κ3) is 10.7. The van der Waals surface area contributed by atoms with Crippen LogP contribution in [0.15, 0.2) is 36.1 Å². The highest BCUT2D eigenvalue weighted by molar-refractivity contribution is 4.92. The van der Waals surface area contributed by atoms with Gasteiger partial charge in [-0.2, -0.15) is 0 Å². The lowest BCUT2D eigenvalue weighted by Crippen LogP contribution is -1.89. The van der Waals surface area contributed by atoms with Crippen molar-refractivity contribution in [3.05, 3.63) is 36.1 Å². The van der Waals surface area contributed by atoms with Gasteiger partial charge in [-0.25, -0.2) is 0 Å². The molecule has 98 valence electrons. The van der Waals surface area contributed by atoms with Gasteiger partial charge in [0, 0.05) is 0 Å². The first-order valence-corrected chi connectivity index (χ1v) is 5.70. The summed E-state index contributed by atoms with van der Waals surface area (Å²) in [5, 5.41) is 8.88. The summed E-state index contributed by atoms with van der Waals surface area (Å²) in [4.78, 5) is 0. The standard InChI is InChI=1S/C13H22O4/c1-5-6-7-15-9-12(3)17-10-13(4)16-8-11(2)14/h8-10,14H,5-7H2,1-4H3/b11-8-,12-9-,13-10-. The third-order valence-electron chi connectivity index (χ3n) is 1.69. The number of rotatable bonds is 8. The molecule has 17 heavy (non-hydrogen) atoms. The summed E-state index contributed by atoms with van der Waals surface area (Å²) >= 11 is 0. The monoisotopic (exact) mass is 242 g/mol. The van der Waals surface area contributed by atoms with Crippen LogP contribution >= 0.6 is 0 Å². The number of aliphatic hydroxyl groups excluding tert-OH is 1. The maximum atomic E-state index is 8.88. The van der Waals surface area contributed by atoms with E-state index in [-0.39, 0.29) is 5.76 Å². The number of unbranched alkanes of at least 4 members (excludes halogenated alkanes) is 1. The number of aliphatic hydroxyl groups is 1. The second-order valence-electron chi connectivity index (χ2n) is 3.68. The Balaban J connectivity index is 3.91. The zero-order valence-corrected chi connectivity index (χ0v) is 11.0. The second-order valence-corrected chi connectivity index (χ2v) is 3.68. The van der Waals surface area contributed by atoms with Crippen molar-refractivity contribution in [1.29, 1.82) is 0 Å². The number of allylic oxidation sites excluding steroid dienone is 3. The topological polar surface area (TPSA) is 47.9 Å². The zero-order valence-electron chi connectivity index (χ0n) is 11.0. The van der Waals surface area contributed by atoms with Crippen molar-refractivity contribution in [2.75, 3.05) is 6.61 Å². The summed E-state index contributed by atoms with van der Waals surface area (Å²) in [6.07, 6.45) is 6.41. The van der Waals surface area contributed by atoms with Gasteiger partial charge >= 0.3 is 0 Å². The minimum atomic E-state index is 0.105. The fourth-order valence-corrected chi connectivity index (χ4v) is 0.814. The first-order chi connectivity index (χ1) is 8.06. The van der Waals surface area contributed by atoms with Gasteiger partial charge in [-0.05, 0) is 27.2 Å². The normalized spacial score (nSPS) is 13.5. The van der Waals surface area contributed by atoms with Gasteiger partial charge in [0.2, 0.25) is 0 Å². The van der Waals surface area contributed by atoms with E-state index < -0.39 is 0 Å². The van der Waals surface area contributed by atoms with Crippen molar-refractivity contribution in [3.8, 4) is 0 Å². The summed E-state index contributed by atoms with van der Waals surface area (Å²) in [6, 6.07) is 0. The molecule has 0 atom stereocenters. The molecule has 0 bridgehead atoms. The van der Waals surface area contributed by atoms with Crippen molar-refractivity contribution >= 4 is 0 Å². The van der Waals surface area contributed by atoms with Crippen LogP contribution in [0.5, 0.6) is 0 Å². The average molecular weight is 242 g/mol. The van der Waals surface area contributed by atoms with E-state index in [1.54, 1.807) is 20.1 Å². The highest BCUT2D eigenvalue weighted by Gasteiger charge is 1.91. The molecular formula is C13H22O4. The Labute approximate surface area is 103 Å². The predicted octanol–water partition coefficient (Wildman–Crippen LogP) is 3.98. The molecule has 0 aliphatic heterocycles. The second kappa shape index (κ2) is 9.63. The average Bonchev–Trinajstić information content (AvgIpc) is 2.29. The van der Waals surface area contributed by atoms with Gasteiger partial charge in [0.25, 0.3) is 0 Å². The van der Waals surface area contributed by atoms with Crippen LogP contribution in [0, 0.1) is 0 Å². The van der Waals surface area contributed by atoms with Gasteiger partial charge in [0.1, 0.15) is 36.1 Å². The molecular weight excluding hydrogens is 220 g/mol. The molecule has 0 saturated carbocycles. The smallest absolute Gasteiger partial charge is 0.135 e. The summed E-state index contributed by atoms with van der Waals surface area (Å²) < 4.78 is 15.6. The quantitative estimate of drug-likeness (QED) is 0.516. The van der Waals surface area contributed by atoms with Gasteiger partial charge in [0.05, 0.1) is 6.61 Å². The molecule has 0 amide bonds. The number of ether oxygens (including phenoxy) is 3. The van der Waals surface area contributed by atoms with Gasteiger partial charge in [-0.1, -0.05) is 13.3 Å². The van der Waals surface area contributed by atoms with E-state index in [2.05, 4.69) is 6.92 Å². The van der Waals surface area contributed by atoms with Crippen LogP contribution < -0.4 is 0 Å². The molecule has 0 aromatic rings. The SMILES string of the molecule is CCCCO/C=C(/C)O/C=C(/C)O/C=C(/C)O. The predicted molar refractivity (Wildman–Crippen MR) is 66.9 cm³/mol. The van der Waals surface area contributed by atoms with Crippen LogP contribution in [0.2, 0.25) is 0 Å². The van der Waals surface area contributed by atoms with Crippen molar-refractivity contribution < 1.29 is 19.3 Å². The van der Waals surface area contributed by atoms with E-state index in [9.17, 15) is 0 Å². The molecule has 0 aromatic carbocycles. The minimum absolute atomic E-state index is 0.105. The molecule has 0 fully saturated rings. The van der Waals surface area contributed by atoms with Gasteiger partial charge in [-0.15, -0.1) is 0 Å². The summed E-state index contributed by atoms with van der Waals surface area (Å²) in [5.41, 5.74) is 0. The fraction of sp³-hybridized carbons (Fsp3) is 0.538. The summed E-state index contributed by atoms with van der Waals surface area (Å²) in [5.74, 6) is 1.29. The molecule has 0 heterocycles. The molecule has 0 aromatic heterocycles. The lowest BCUT2D eigenvalue weighted by atomic mass is 10.4. The van der Waals surface area contributed by atoms with E-state index in [0.29, 0.717) is 18.1 Å². The van der Waals surface area contributed by atoms with Crippen LogP contribution in [0.1, 0.15) is 40.5 Å². The molecule has 1 N–H and O–H groups in total.